The Balaban J connectivity index is 2.13. The van der Waals surface area contributed by atoms with Crippen molar-refractivity contribution in [3.05, 3.63) is 53.1 Å². The zero-order valence-electron chi connectivity index (χ0n) is 19.5. The Labute approximate surface area is 202 Å². The van der Waals surface area contributed by atoms with Crippen LogP contribution in [0, 0.1) is 5.41 Å². The molecule has 3 N–H and O–H groups in total. The van der Waals surface area contributed by atoms with Crippen molar-refractivity contribution in [2.75, 3.05) is 27.1 Å². The minimum Gasteiger partial charge on any atom is -0.582 e. The average Bonchev–Trinajstić information content (AvgIpc) is 2.85. The number of fused-ring (bicyclic) bond motifs is 1. The van der Waals surface area contributed by atoms with Crippen LogP contribution < -0.4 is 9.47 Å². The van der Waals surface area contributed by atoms with Crippen molar-refractivity contribution in [2.45, 2.75) is 19.8 Å². The van der Waals surface area contributed by atoms with E-state index in [0.29, 0.717) is 34.4 Å². The largest absolute Gasteiger partial charge is 0.582 e. The molecular weight excluding hydrogens is 456 g/mol. The number of amidine groups is 1. The highest BCUT2D eigenvalue weighted by atomic mass is 32.2. The molecule has 0 saturated carbocycles. The van der Waals surface area contributed by atoms with Crippen LogP contribution in [0.4, 0.5) is 10.5 Å². The lowest BCUT2D eigenvalue weighted by molar-refractivity contribution is 0.183. The third kappa shape index (κ3) is 6.02. The molecule has 2 aromatic carbocycles. The van der Waals surface area contributed by atoms with Crippen LogP contribution in [0.2, 0.25) is 0 Å². The lowest BCUT2D eigenvalue weighted by atomic mass is 10.00. The zero-order chi connectivity index (χ0) is 24.7. The summed E-state index contributed by atoms with van der Waals surface area (Å²) in [5.41, 5.74) is 3.36. The van der Waals surface area contributed by atoms with Gasteiger partial charge in [0.05, 0.1) is 33.4 Å². The molecule has 0 atom stereocenters. The first kappa shape index (κ1) is 25.0. The minimum atomic E-state index is -0.724. The van der Waals surface area contributed by atoms with Gasteiger partial charge in [0, 0.05) is 11.1 Å². The number of hydrogen-bond acceptors (Lipinski definition) is 7. The van der Waals surface area contributed by atoms with E-state index in [9.17, 15) is 4.79 Å². The maximum Gasteiger partial charge on any atom is 0.434 e. The monoisotopic (exact) mass is 483 g/mol. The number of aryl methyl sites for hydroxylation is 1. The van der Waals surface area contributed by atoms with Crippen molar-refractivity contribution in [1.82, 2.24) is 0 Å². The van der Waals surface area contributed by atoms with Crippen molar-refractivity contribution in [1.29, 1.82) is 5.41 Å². The van der Waals surface area contributed by atoms with Gasteiger partial charge >= 0.3 is 12.0 Å². The number of nitrogens with zero attached hydrogens (tertiary/aromatic N) is 3. The molecule has 0 spiro atoms. The van der Waals surface area contributed by atoms with E-state index < -0.39 is 6.09 Å². The summed E-state index contributed by atoms with van der Waals surface area (Å²) >= 11 is 1.28. The Kier molecular flexibility index (Phi) is 8.42. The van der Waals surface area contributed by atoms with E-state index in [2.05, 4.69) is 9.98 Å². The molecule has 0 aliphatic carbocycles. The first-order chi connectivity index (χ1) is 16.4. The Morgan fingerprint density at radius 3 is 2.50 bits per heavy atom. The number of hydrogen-bond donors (Lipinski definition) is 1. The SMILES string of the molecule is COC(=O)N=C(SC)C(=Nc1ccc(C(=N)N=C(C)[OH2+])cc1)c1cc2c(c(OC)c1)OCCC2. The van der Waals surface area contributed by atoms with E-state index in [1.54, 1.807) is 31.4 Å². The van der Waals surface area contributed by atoms with Gasteiger partial charge in [-0.1, -0.05) is 0 Å². The fraction of sp³-hybridized carbons (Fsp3) is 0.292. The lowest BCUT2D eigenvalue weighted by Gasteiger charge is -2.21. The number of benzene rings is 2. The standard InChI is InChI=1S/C24H26N4O5S/c1-14(29)26-22(25)15-7-9-18(10-8-15)27-20(23(34-4)28-24(30)32-3)17-12-16-6-5-11-33-21(16)19(13-17)31-2/h7-10,12-13H,5-6,11H2,1-4H3,(H2,25,26,29)/p+1. The molecule has 1 amide bonds. The molecule has 3 rings (SSSR count). The topological polar surface area (TPSA) is 129 Å². The van der Waals surface area contributed by atoms with E-state index in [-0.39, 0.29) is 11.7 Å². The molecule has 10 heteroatoms. The van der Waals surface area contributed by atoms with Crippen molar-refractivity contribution < 1.29 is 24.1 Å². The van der Waals surface area contributed by atoms with Crippen LogP contribution in [0.5, 0.6) is 11.5 Å². The lowest BCUT2D eigenvalue weighted by Crippen LogP contribution is -2.17. The molecule has 9 nitrogen and oxygen atoms in total. The van der Waals surface area contributed by atoms with Gasteiger partial charge < -0.3 is 19.3 Å². The number of carbonyl (C=O) groups excluding carboxylic acids is 1. The number of aliphatic imine (C=N–C) groups is 3. The first-order valence-corrected chi connectivity index (χ1v) is 11.7. The average molecular weight is 484 g/mol. The van der Waals surface area contributed by atoms with Crippen molar-refractivity contribution in [3.63, 3.8) is 0 Å². The smallest absolute Gasteiger partial charge is 0.434 e. The Hall–Kier alpha value is -3.66. The van der Waals surface area contributed by atoms with Gasteiger partial charge in [0.15, 0.2) is 17.3 Å². The van der Waals surface area contributed by atoms with Gasteiger partial charge in [0.25, 0.3) is 0 Å². The zero-order valence-corrected chi connectivity index (χ0v) is 20.3. The van der Waals surface area contributed by atoms with Gasteiger partial charge in [0.2, 0.25) is 0 Å². The quantitative estimate of drug-likeness (QED) is 0.388. The summed E-state index contributed by atoms with van der Waals surface area (Å²) < 4.78 is 16.1. The Morgan fingerprint density at radius 2 is 1.88 bits per heavy atom. The van der Waals surface area contributed by atoms with E-state index in [1.165, 1.54) is 25.8 Å². The van der Waals surface area contributed by atoms with Crippen LogP contribution in [-0.4, -0.2) is 60.8 Å². The molecule has 0 bridgehead atoms. The number of amides is 1. The minimum absolute atomic E-state index is 0.000247. The summed E-state index contributed by atoms with van der Waals surface area (Å²) in [5.74, 6) is 1.37. The fourth-order valence-electron chi connectivity index (χ4n) is 3.35. The second kappa shape index (κ2) is 11.5. The Bertz CT molecular complexity index is 1150. The van der Waals surface area contributed by atoms with E-state index in [4.69, 9.17) is 29.7 Å². The second-order valence-corrected chi connectivity index (χ2v) is 8.06. The van der Waals surface area contributed by atoms with Crippen LogP contribution in [-0.2, 0) is 11.2 Å². The Morgan fingerprint density at radius 1 is 1.15 bits per heavy atom. The molecule has 0 radical (unpaired) electrons. The first-order valence-electron chi connectivity index (χ1n) is 10.5. The van der Waals surface area contributed by atoms with Crippen molar-refractivity contribution >= 4 is 46.0 Å². The highest BCUT2D eigenvalue weighted by Crippen LogP contribution is 2.37. The summed E-state index contributed by atoms with van der Waals surface area (Å²) in [5, 5.41) is 15.8. The number of ether oxygens (including phenoxy) is 3. The molecule has 34 heavy (non-hydrogen) atoms. The van der Waals surface area contributed by atoms with Gasteiger partial charge in [-0.05, 0) is 61.1 Å². The molecule has 1 aliphatic heterocycles. The number of carbonyl (C=O) groups is 1. The molecule has 1 heterocycles. The van der Waals surface area contributed by atoms with Crippen LogP contribution in [0.15, 0.2) is 51.4 Å². The van der Waals surface area contributed by atoms with Gasteiger partial charge in [-0.3, -0.25) is 5.41 Å². The van der Waals surface area contributed by atoms with E-state index >= 15 is 0 Å². The van der Waals surface area contributed by atoms with Crippen molar-refractivity contribution in [3.8, 4) is 11.5 Å². The maximum absolute atomic E-state index is 12.0. The molecule has 0 aromatic heterocycles. The molecule has 178 valence electrons. The number of thioether (sulfide) groups is 1. The normalized spacial score (nSPS) is 14.2. The fourth-order valence-corrected chi connectivity index (χ4v) is 3.87. The molecule has 0 unspecified atom stereocenters. The summed E-state index contributed by atoms with van der Waals surface area (Å²) in [7, 11) is 2.86. The van der Waals surface area contributed by atoms with Gasteiger partial charge in [-0.25, -0.2) is 9.79 Å². The summed E-state index contributed by atoms with van der Waals surface area (Å²) in [6.07, 6.45) is 2.81. The summed E-state index contributed by atoms with van der Waals surface area (Å²) in [6, 6.07) is 10.7. The predicted molar refractivity (Wildman–Crippen MR) is 136 cm³/mol. The molecular formula is C24H27N4O5S+. The van der Waals surface area contributed by atoms with Crippen LogP contribution in [0.3, 0.4) is 0 Å². The van der Waals surface area contributed by atoms with Crippen molar-refractivity contribution in [2.24, 2.45) is 15.0 Å². The summed E-state index contributed by atoms with van der Waals surface area (Å²) in [4.78, 5) is 24.7. The van der Waals surface area contributed by atoms with Gasteiger partial charge in [0.1, 0.15) is 10.8 Å². The maximum atomic E-state index is 12.0. The molecule has 0 fully saturated rings. The summed E-state index contributed by atoms with van der Waals surface area (Å²) in [6.45, 7) is 2.15. The van der Waals surface area contributed by atoms with E-state index in [0.717, 1.165) is 29.7 Å². The third-order valence-electron chi connectivity index (χ3n) is 4.89. The van der Waals surface area contributed by atoms with Crippen LogP contribution >= 0.6 is 11.8 Å². The number of nitrogens with one attached hydrogen (secondary N) is 1. The highest BCUT2D eigenvalue weighted by Gasteiger charge is 2.22. The predicted octanol–water partition coefficient (Wildman–Crippen LogP) is 4.14. The molecule has 1 aliphatic rings. The second-order valence-electron chi connectivity index (χ2n) is 7.26. The van der Waals surface area contributed by atoms with E-state index in [1.807, 2.05) is 18.4 Å². The van der Waals surface area contributed by atoms with Gasteiger partial charge in [-0.15, -0.1) is 11.8 Å². The molecule has 2 aromatic rings. The van der Waals surface area contributed by atoms with Crippen LogP contribution in [0.1, 0.15) is 30.0 Å². The number of rotatable bonds is 5. The highest BCUT2D eigenvalue weighted by molar-refractivity contribution is 8.15. The molecule has 0 saturated heterocycles. The third-order valence-corrected chi connectivity index (χ3v) is 5.56. The number of methoxy groups -OCH3 is 2. The van der Waals surface area contributed by atoms with Crippen LogP contribution in [0.25, 0.3) is 0 Å². The van der Waals surface area contributed by atoms with Gasteiger partial charge in [-0.2, -0.15) is 9.98 Å².